The lowest BCUT2D eigenvalue weighted by Crippen LogP contribution is -2.12. The molecule has 0 aliphatic heterocycles. The minimum Gasteiger partial charge on any atom is -0.507 e. The quantitative estimate of drug-likeness (QED) is 0.528. The Kier molecular flexibility index (Phi) is 2.60. The summed E-state index contributed by atoms with van der Waals surface area (Å²) in [6.45, 7) is 0. The number of para-hydroxylation sites is 1. The second kappa shape index (κ2) is 4.06. The fourth-order valence-electron chi connectivity index (χ4n) is 1.65. The zero-order chi connectivity index (χ0) is 11.5. The maximum Gasteiger partial charge on any atom is 0.123 e. The number of hydrogen-bond acceptors (Lipinski definition) is 2. The lowest BCUT2D eigenvalue weighted by atomic mass is 9.98. The molecule has 4 N–H and O–H groups in total. The molecule has 0 bridgehead atoms. The predicted molar refractivity (Wildman–Crippen MR) is 64.6 cm³/mol. The van der Waals surface area contributed by atoms with E-state index in [-0.39, 0.29) is 11.6 Å². The van der Waals surface area contributed by atoms with Crippen molar-refractivity contribution < 1.29 is 5.11 Å². The molecule has 0 fully saturated rings. The summed E-state index contributed by atoms with van der Waals surface area (Å²) in [7, 11) is 0. The van der Waals surface area contributed by atoms with Gasteiger partial charge in [0.15, 0.2) is 0 Å². The number of hydrogen-bond donors (Lipinski definition) is 3. The fraction of sp³-hybridized carbons (Fsp3) is 0. The number of amidine groups is 1. The van der Waals surface area contributed by atoms with Crippen LogP contribution in [-0.4, -0.2) is 10.9 Å². The molecule has 0 atom stereocenters. The first-order valence-corrected chi connectivity index (χ1v) is 4.92. The molecule has 2 rings (SSSR count). The molecule has 16 heavy (non-hydrogen) atoms. The zero-order valence-electron chi connectivity index (χ0n) is 8.64. The van der Waals surface area contributed by atoms with Gasteiger partial charge < -0.3 is 10.8 Å². The first-order chi connectivity index (χ1) is 7.70. The van der Waals surface area contributed by atoms with E-state index in [4.69, 9.17) is 11.1 Å². The lowest BCUT2D eigenvalue weighted by molar-refractivity contribution is 0.477. The van der Waals surface area contributed by atoms with E-state index in [1.165, 1.54) is 0 Å². The minimum atomic E-state index is -0.00106. The summed E-state index contributed by atoms with van der Waals surface area (Å²) in [5.74, 6) is 0.190. The molecule has 3 nitrogen and oxygen atoms in total. The van der Waals surface area contributed by atoms with E-state index >= 15 is 0 Å². The monoisotopic (exact) mass is 212 g/mol. The topological polar surface area (TPSA) is 70.1 Å². The third kappa shape index (κ3) is 1.75. The second-order valence-electron chi connectivity index (χ2n) is 3.48. The van der Waals surface area contributed by atoms with E-state index < -0.39 is 0 Å². The van der Waals surface area contributed by atoms with Crippen molar-refractivity contribution in [2.24, 2.45) is 5.73 Å². The first kappa shape index (κ1) is 10.2. The highest BCUT2D eigenvalue weighted by molar-refractivity contribution is 6.02. The summed E-state index contributed by atoms with van der Waals surface area (Å²) in [5.41, 5.74) is 7.59. The molecule has 0 aliphatic carbocycles. The molecule has 0 amide bonds. The van der Waals surface area contributed by atoms with Crippen LogP contribution in [0, 0.1) is 5.41 Å². The molecule has 3 heteroatoms. The average Bonchev–Trinajstić information content (AvgIpc) is 2.29. The Morgan fingerprint density at radius 1 is 0.938 bits per heavy atom. The Labute approximate surface area is 93.7 Å². The number of benzene rings is 2. The lowest BCUT2D eigenvalue weighted by Gasteiger charge is -2.09. The number of nitrogens with two attached hydrogens (primary N) is 1. The summed E-state index contributed by atoms with van der Waals surface area (Å²) in [4.78, 5) is 0. The molecule has 0 radical (unpaired) electrons. The Morgan fingerprint density at radius 3 is 2.12 bits per heavy atom. The smallest absolute Gasteiger partial charge is 0.123 e. The first-order valence-electron chi connectivity index (χ1n) is 4.92. The largest absolute Gasteiger partial charge is 0.507 e. The van der Waals surface area contributed by atoms with Crippen molar-refractivity contribution in [1.29, 1.82) is 5.41 Å². The molecule has 2 aromatic rings. The Morgan fingerprint density at radius 2 is 1.50 bits per heavy atom. The fourth-order valence-corrected chi connectivity index (χ4v) is 1.65. The summed E-state index contributed by atoms with van der Waals surface area (Å²) < 4.78 is 0. The summed E-state index contributed by atoms with van der Waals surface area (Å²) >= 11 is 0. The molecule has 0 saturated carbocycles. The van der Waals surface area contributed by atoms with E-state index in [9.17, 15) is 5.11 Å². The SMILES string of the molecule is N=C(N)c1ccccc1-c1ccccc1O. The van der Waals surface area contributed by atoms with E-state index in [0.29, 0.717) is 11.1 Å². The van der Waals surface area contributed by atoms with Crippen LogP contribution in [0.1, 0.15) is 5.56 Å². The van der Waals surface area contributed by atoms with Crippen molar-refractivity contribution in [3.63, 3.8) is 0 Å². The standard InChI is InChI=1S/C13H12N2O/c14-13(15)11-7-2-1-5-9(11)10-6-3-4-8-12(10)16/h1-8,16H,(H3,14,15). The van der Waals surface area contributed by atoms with Crippen molar-refractivity contribution in [2.45, 2.75) is 0 Å². The van der Waals surface area contributed by atoms with Crippen LogP contribution in [0.2, 0.25) is 0 Å². The van der Waals surface area contributed by atoms with Gasteiger partial charge in [0, 0.05) is 11.1 Å². The molecule has 0 unspecified atom stereocenters. The number of phenols is 1. The molecule has 0 saturated heterocycles. The summed E-state index contributed by atoms with van der Waals surface area (Å²) in [6.07, 6.45) is 0. The van der Waals surface area contributed by atoms with Gasteiger partial charge in [-0.2, -0.15) is 0 Å². The van der Waals surface area contributed by atoms with E-state index in [0.717, 1.165) is 5.56 Å². The van der Waals surface area contributed by atoms with Crippen LogP contribution < -0.4 is 5.73 Å². The van der Waals surface area contributed by atoms with Crippen molar-refractivity contribution in [2.75, 3.05) is 0 Å². The number of rotatable bonds is 2. The third-order valence-corrected chi connectivity index (χ3v) is 2.41. The van der Waals surface area contributed by atoms with Gasteiger partial charge in [-0.25, -0.2) is 0 Å². The number of aromatic hydroxyl groups is 1. The van der Waals surface area contributed by atoms with Gasteiger partial charge in [0.25, 0.3) is 0 Å². The highest BCUT2D eigenvalue weighted by Crippen LogP contribution is 2.30. The average molecular weight is 212 g/mol. The zero-order valence-corrected chi connectivity index (χ0v) is 8.64. The van der Waals surface area contributed by atoms with Gasteiger partial charge in [0.1, 0.15) is 11.6 Å². The molecule has 2 aromatic carbocycles. The van der Waals surface area contributed by atoms with E-state index in [1.807, 2.05) is 24.3 Å². The van der Waals surface area contributed by atoms with Crippen LogP contribution in [-0.2, 0) is 0 Å². The van der Waals surface area contributed by atoms with Crippen molar-refractivity contribution in [1.82, 2.24) is 0 Å². The van der Waals surface area contributed by atoms with Crippen LogP contribution in [0.3, 0.4) is 0 Å². The van der Waals surface area contributed by atoms with Crippen LogP contribution in [0.4, 0.5) is 0 Å². The summed E-state index contributed by atoms with van der Waals surface area (Å²) in [5, 5.41) is 17.3. The number of nitrogens with one attached hydrogen (secondary N) is 1. The molecule has 0 aromatic heterocycles. The Bertz CT molecular complexity index is 535. The molecule has 0 heterocycles. The van der Waals surface area contributed by atoms with Crippen LogP contribution in [0.5, 0.6) is 5.75 Å². The van der Waals surface area contributed by atoms with Crippen molar-refractivity contribution in [3.8, 4) is 16.9 Å². The highest BCUT2D eigenvalue weighted by Gasteiger charge is 2.09. The number of phenolic OH excluding ortho intramolecular Hbond substituents is 1. The Hall–Kier alpha value is -2.29. The van der Waals surface area contributed by atoms with Crippen LogP contribution in [0.15, 0.2) is 48.5 Å². The van der Waals surface area contributed by atoms with Gasteiger partial charge in [-0.1, -0.05) is 42.5 Å². The van der Waals surface area contributed by atoms with Gasteiger partial charge in [-0.3, -0.25) is 5.41 Å². The predicted octanol–water partition coefficient (Wildman–Crippen LogP) is 2.34. The molecule has 80 valence electrons. The van der Waals surface area contributed by atoms with Crippen LogP contribution in [0.25, 0.3) is 11.1 Å². The van der Waals surface area contributed by atoms with Crippen molar-refractivity contribution >= 4 is 5.84 Å². The molecular formula is C13H12N2O. The van der Waals surface area contributed by atoms with Gasteiger partial charge in [-0.15, -0.1) is 0 Å². The van der Waals surface area contributed by atoms with Gasteiger partial charge in [0.2, 0.25) is 0 Å². The summed E-state index contributed by atoms with van der Waals surface area (Å²) in [6, 6.07) is 14.3. The van der Waals surface area contributed by atoms with Crippen molar-refractivity contribution in [3.05, 3.63) is 54.1 Å². The number of nitrogen functional groups attached to an aromatic ring is 1. The highest BCUT2D eigenvalue weighted by atomic mass is 16.3. The maximum absolute atomic E-state index is 9.76. The molecule has 0 aliphatic rings. The van der Waals surface area contributed by atoms with E-state index in [2.05, 4.69) is 0 Å². The van der Waals surface area contributed by atoms with Crippen LogP contribution >= 0.6 is 0 Å². The molecular weight excluding hydrogens is 200 g/mol. The van der Waals surface area contributed by atoms with Gasteiger partial charge in [-0.05, 0) is 11.6 Å². The molecule has 0 spiro atoms. The normalized spacial score (nSPS) is 10.0. The second-order valence-corrected chi connectivity index (χ2v) is 3.48. The third-order valence-electron chi connectivity index (χ3n) is 2.41. The van der Waals surface area contributed by atoms with Gasteiger partial charge >= 0.3 is 0 Å². The minimum absolute atomic E-state index is 0.00106. The maximum atomic E-state index is 9.76. The Balaban J connectivity index is 2.65. The van der Waals surface area contributed by atoms with Gasteiger partial charge in [0.05, 0.1) is 0 Å². The van der Waals surface area contributed by atoms with E-state index in [1.54, 1.807) is 24.3 Å².